The minimum atomic E-state index is -0.144. The second-order valence-electron chi connectivity index (χ2n) is 4.47. The molecular weight excluding hydrogens is 328 g/mol. The van der Waals surface area contributed by atoms with Crippen molar-refractivity contribution in [3.8, 4) is 5.75 Å². The lowest BCUT2D eigenvalue weighted by molar-refractivity contribution is 0.0711. The smallest absolute Gasteiger partial charge is 0.254 e. The van der Waals surface area contributed by atoms with Crippen LogP contribution in [0.2, 0.25) is 0 Å². The first-order valence-electron chi connectivity index (χ1n) is 5.90. The van der Waals surface area contributed by atoms with Crippen molar-refractivity contribution in [3.05, 3.63) is 28.2 Å². The topological polar surface area (TPSA) is 66.6 Å². The summed E-state index contributed by atoms with van der Waals surface area (Å²) in [7, 11) is 0. The van der Waals surface area contributed by atoms with E-state index in [1.807, 2.05) is 13.8 Å². The molecule has 0 aliphatic carbocycles. The van der Waals surface area contributed by atoms with Crippen molar-refractivity contribution in [2.75, 3.05) is 6.54 Å². The number of phenolic OH excluding ortho intramolecular Hbond substituents is 1. The fourth-order valence-electron chi connectivity index (χ4n) is 1.64. The first-order chi connectivity index (χ1) is 8.82. The molecule has 0 aliphatic heterocycles. The molecule has 0 aromatic heterocycles. The van der Waals surface area contributed by atoms with Gasteiger partial charge in [-0.3, -0.25) is 4.79 Å². The van der Waals surface area contributed by atoms with Crippen LogP contribution < -0.4 is 5.73 Å². The van der Waals surface area contributed by atoms with Crippen LogP contribution in [0.15, 0.2) is 22.7 Å². The Labute approximate surface area is 126 Å². The monoisotopic (exact) mass is 344 g/mol. The van der Waals surface area contributed by atoms with Crippen LogP contribution >= 0.6 is 28.1 Å². The number of phenols is 1. The van der Waals surface area contributed by atoms with Gasteiger partial charge in [-0.1, -0.05) is 12.2 Å². The van der Waals surface area contributed by atoms with Crippen molar-refractivity contribution in [2.45, 2.75) is 26.3 Å². The summed E-state index contributed by atoms with van der Waals surface area (Å²) in [6.07, 6.45) is 0.488. The van der Waals surface area contributed by atoms with E-state index in [-0.39, 0.29) is 17.7 Å². The lowest BCUT2D eigenvalue weighted by atomic mass is 10.1. The zero-order valence-corrected chi connectivity index (χ0v) is 13.3. The molecule has 0 bridgehead atoms. The number of halogens is 1. The van der Waals surface area contributed by atoms with Gasteiger partial charge in [0.25, 0.3) is 5.91 Å². The van der Waals surface area contributed by atoms with Crippen LogP contribution in [0.25, 0.3) is 0 Å². The average molecular weight is 345 g/mol. The van der Waals surface area contributed by atoms with E-state index < -0.39 is 0 Å². The third kappa shape index (κ3) is 4.47. The Hall–Kier alpha value is -1.14. The Kier molecular flexibility index (Phi) is 5.75. The predicted molar refractivity (Wildman–Crippen MR) is 83.4 cm³/mol. The second-order valence-corrected chi connectivity index (χ2v) is 5.85. The summed E-state index contributed by atoms with van der Waals surface area (Å²) in [6, 6.07) is 4.80. The maximum Gasteiger partial charge on any atom is 0.254 e. The number of benzene rings is 1. The Balaban J connectivity index is 2.92. The standard InChI is InChI=1S/C13H17BrN2O2S/c1-8(2)16(6-5-12(15)19)13(18)9-3-4-10(14)11(17)7-9/h3-4,7-8,17H,5-6H2,1-2H3,(H2,15,19). The van der Waals surface area contributed by atoms with Crippen LogP contribution in [0.1, 0.15) is 30.6 Å². The number of nitrogens with two attached hydrogens (primary N) is 1. The molecule has 0 radical (unpaired) electrons. The van der Waals surface area contributed by atoms with E-state index in [0.29, 0.717) is 28.0 Å². The molecule has 0 spiro atoms. The molecule has 0 fully saturated rings. The molecule has 1 aromatic rings. The molecule has 0 unspecified atom stereocenters. The molecule has 0 heterocycles. The van der Waals surface area contributed by atoms with E-state index in [2.05, 4.69) is 15.9 Å². The Morgan fingerprint density at radius 3 is 2.63 bits per heavy atom. The van der Waals surface area contributed by atoms with Gasteiger partial charge in [0, 0.05) is 24.6 Å². The van der Waals surface area contributed by atoms with Crippen LogP contribution in [0, 0.1) is 0 Å². The van der Waals surface area contributed by atoms with Crippen molar-refractivity contribution < 1.29 is 9.90 Å². The van der Waals surface area contributed by atoms with E-state index in [1.165, 1.54) is 6.07 Å². The normalized spacial score (nSPS) is 10.5. The summed E-state index contributed by atoms with van der Waals surface area (Å²) in [6.45, 7) is 4.33. The number of thiocarbonyl (C=S) groups is 1. The Bertz CT molecular complexity index is 492. The highest BCUT2D eigenvalue weighted by molar-refractivity contribution is 9.10. The minimum Gasteiger partial charge on any atom is -0.507 e. The van der Waals surface area contributed by atoms with E-state index in [9.17, 15) is 9.90 Å². The van der Waals surface area contributed by atoms with Crippen molar-refractivity contribution in [1.82, 2.24) is 4.90 Å². The molecule has 104 valence electrons. The lowest BCUT2D eigenvalue weighted by Crippen LogP contribution is -2.38. The number of hydrogen-bond donors (Lipinski definition) is 2. The lowest BCUT2D eigenvalue weighted by Gasteiger charge is -2.26. The van der Waals surface area contributed by atoms with Gasteiger partial charge in [-0.25, -0.2) is 0 Å². The van der Waals surface area contributed by atoms with Crippen molar-refractivity contribution >= 4 is 39.0 Å². The highest BCUT2D eigenvalue weighted by Gasteiger charge is 2.19. The number of amides is 1. The molecule has 1 rings (SSSR count). The maximum atomic E-state index is 12.4. The SMILES string of the molecule is CC(C)N(CCC(N)=S)C(=O)c1ccc(Br)c(O)c1. The molecule has 4 nitrogen and oxygen atoms in total. The predicted octanol–water partition coefficient (Wildman–Crippen LogP) is 2.68. The van der Waals surface area contributed by atoms with Gasteiger partial charge in [0.2, 0.25) is 0 Å². The van der Waals surface area contributed by atoms with Gasteiger partial charge in [-0.15, -0.1) is 0 Å². The summed E-state index contributed by atoms with van der Waals surface area (Å²) >= 11 is 8.02. The Morgan fingerprint density at radius 1 is 1.53 bits per heavy atom. The van der Waals surface area contributed by atoms with E-state index in [4.69, 9.17) is 18.0 Å². The first-order valence-corrected chi connectivity index (χ1v) is 7.11. The van der Waals surface area contributed by atoms with Crippen molar-refractivity contribution in [1.29, 1.82) is 0 Å². The number of carbonyl (C=O) groups is 1. The average Bonchev–Trinajstić information content (AvgIpc) is 2.31. The fraction of sp³-hybridized carbons (Fsp3) is 0.385. The maximum absolute atomic E-state index is 12.4. The van der Waals surface area contributed by atoms with E-state index in [0.717, 1.165) is 0 Å². The molecule has 3 N–H and O–H groups in total. The van der Waals surface area contributed by atoms with Crippen LogP contribution in [-0.4, -0.2) is 33.5 Å². The van der Waals surface area contributed by atoms with Gasteiger partial charge in [-0.2, -0.15) is 0 Å². The molecule has 6 heteroatoms. The van der Waals surface area contributed by atoms with Crippen LogP contribution in [0.3, 0.4) is 0 Å². The first kappa shape index (κ1) is 15.9. The molecule has 1 aromatic carbocycles. The molecule has 0 aliphatic rings. The minimum absolute atomic E-state index is 0.0349. The van der Waals surface area contributed by atoms with Crippen LogP contribution in [0.4, 0.5) is 0 Å². The van der Waals surface area contributed by atoms with Gasteiger partial charge in [0.05, 0.1) is 9.46 Å². The number of carbonyl (C=O) groups excluding carboxylic acids is 1. The molecule has 1 amide bonds. The summed E-state index contributed by atoms with van der Waals surface area (Å²) in [4.78, 5) is 14.4. The molecular formula is C13H17BrN2O2S. The third-order valence-electron chi connectivity index (χ3n) is 2.68. The van der Waals surface area contributed by atoms with Gasteiger partial charge in [0.1, 0.15) is 5.75 Å². The number of aromatic hydroxyl groups is 1. The summed E-state index contributed by atoms with van der Waals surface area (Å²) < 4.78 is 0.559. The number of rotatable bonds is 5. The van der Waals surface area contributed by atoms with Crippen molar-refractivity contribution in [3.63, 3.8) is 0 Å². The molecule has 0 saturated heterocycles. The molecule has 0 atom stereocenters. The van der Waals surface area contributed by atoms with Gasteiger partial charge >= 0.3 is 0 Å². The Morgan fingerprint density at radius 2 is 2.16 bits per heavy atom. The number of hydrogen-bond acceptors (Lipinski definition) is 3. The molecule has 0 saturated carbocycles. The quantitative estimate of drug-likeness (QED) is 0.806. The van der Waals surface area contributed by atoms with Crippen LogP contribution in [-0.2, 0) is 0 Å². The number of nitrogens with zero attached hydrogens (tertiary/aromatic N) is 1. The van der Waals surface area contributed by atoms with Gasteiger partial charge < -0.3 is 15.7 Å². The summed E-state index contributed by atoms with van der Waals surface area (Å²) in [5.74, 6) is -0.0991. The largest absolute Gasteiger partial charge is 0.507 e. The van der Waals surface area contributed by atoms with Crippen molar-refractivity contribution in [2.24, 2.45) is 5.73 Å². The zero-order chi connectivity index (χ0) is 14.6. The zero-order valence-electron chi connectivity index (χ0n) is 10.9. The van der Waals surface area contributed by atoms with Gasteiger partial charge in [0.15, 0.2) is 0 Å². The third-order valence-corrected chi connectivity index (χ3v) is 3.55. The highest BCUT2D eigenvalue weighted by Crippen LogP contribution is 2.25. The summed E-state index contributed by atoms with van der Waals surface area (Å²) in [5.41, 5.74) is 5.91. The molecule has 19 heavy (non-hydrogen) atoms. The highest BCUT2D eigenvalue weighted by atomic mass is 79.9. The summed E-state index contributed by atoms with van der Waals surface area (Å²) in [5, 5.41) is 9.63. The van der Waals surface area contributed by atoms with Crippen LogP contribution in [0.5, 0.6) is 5.75 Å². The van der Waals surface area contributed by atoms with E-state index in [1.54, 1.807) is 17.0 Å². The second kappa shape index (κ2) is 6.86. The van der Waals surface area contributed by atoms with Gasteiger partial charge in [-0.05, 0) is 48.0 Å². The van der Waals surface area contributed by atoms with E-state index >= 15 is 0 Å². The fourth-order valence-corrected chi connectivity index (χ4v) is 1.97.